The highest BCUT2D eigenvalue weighted by atomic mass is 16.3. The second kappa shape index (κ2) is 3.99. The highest BCUT2D eigenvalue weighted by Gasteiger charge is 1.75. The van der Waals surface area contributed by atoms with Gasteiger partial charge in [0.2, 0.25) is 0 Å². The van der Waals surface area contributed by atoms with Gasteiger partial charge in [0.15, 0.2) is 5.88 Å². The van der Waals surface area contributed by atoms with E-state index in [2.05, 4.69) is 18.1 Å². The second-order valence-electron chi connectivity index (χ2n) is 1.06. The molecule has 0 aliphatic heterocycles. The fourth-order valence-corrected chi connectivity index (χ4v) is 0.321. The standard InChI is InChI=1S/C4H5NO.C2H4/c6-4-2-1-3-5-4;1-2/h1-3,5-6H;1-2H2. The molecular formula is C6H9NO. The van der Waals surface area contributed by atoms with Crippen LogP contribution in [-0.2, 0) is 0 Å². The van der Waals surface area contributed by atoms with Crippen molar-refractivity contribution < 1.29 is 5.11 Å². The Morgan fingerprint density at radius 1 is 1.50 bits per heavy atom. The number of nitrogens with one attached hydrogen (secondary N) is 1. The molecule has 0 fully saturated rings. The zero-order chi connectivity index (χ0) is 6.41. The van der Waals surface area contributed by atoms with Crippen LogP contribution in [0.4, 0.5) is 0 Å². The van der Waals surface area contributed by atoms with Crippen molar-refractivity contribution in [2.45, 2.75) is 0 Å². The SMILES string of the molecule is C=C.Oc1ccc[nH]1. The first-order valence-electron chi connectivity index (χ1n) is 2.22. The van der Waals surface area contributed by atoms with E-state index in [1.165, 1.54) is 0 Å². The quantitative estimate of drug-likeness (QED) is 0.489. The zero-order valence-corrected chi connectivity index (χ0v) is 4.59. The van der Waals surface area contributed by atoms with Gasteiger partial charge in [0.25, 0.3) is 0 Å². The minimum absolute atomic E-state index is 0.218. The van der Waals surface area contributed by atoms with Crippen molar-refractivity contribution in [2.24, 2.45) is 0 Å². The lowest BCUT2D eigenvalue weighted by molar-refractivity contribution is 0.457. The lowest BCUT2D eigenvalue weighted by Crippen LogP contribution is -1.51. The number of rotatable bonds is 0. The van der Waals surface area contributed by atoms with Gasteiger partial charge in [-0.1, -0.05) is 0 Å². The maximum absolute atomic E-state index is 8.42. The van der Waals surface area contributed by atoms with Crippen molar-refractivity contribution in [2.75, 3.05) is 0 Å². The molecule has 0 amide bonds. The number of hydrogen-bond donors (Lipinski definition) is 2. The highest BCUT2D eigenvalue weighted by molar-refractivity contribution is 5.06. The summed E-state index contributed by atoms with van der Waals surface area (Å²) in [6.45, 7) is 6.00. The van der Waals surface area contributed by atoms with Gasteiger partial charge in [-0.2, -0.15) is 0 Å². The second-order valence-corrected chi connectivity index (χ2v) is 1.06. The Labute approximate surface area is 48.5 Å². The molecule has 0 saturated heterocycles. The highest BCUT2D eigenvalue weighted by Crippen LogP contribution is 1.97. The molecule has 2 nitrogen and oxygen atoms in total. The van der Waals surface area contributed by atoms with Crippen molar-refractivity contribution >= 4 is 0 Å². The van der Waals surface area contributed by atoms with Gasteiger partial charge in [0, 0.05) is 6.20 Å². The first kappa shape index (κ1) is 6.82. The van der Waals surface area contributed by atoms with E-state index in [1.807, 2.05) is 0 Å². The van der Waals surface area contributed by atoms with E-state index in [0.29, 0.717) is 0 Å². The van der Waals surface area contributed by atoms with Gasteiger partial charge in [0.1, 0.15) is 0 Å². The Bertz CT molecular complexity index is 123. The lowest BCUT2D eigenvalue weighted by Gasteiger charge is -1.71. The molecule has 0 unspecified atom stereocenters. The fraction of sp³-hybridized carbons (Fsp3) is 0. The summed E-state index contributed by atoms with van der Waals surface area (Å²) in [6.07, 6.45) is 1.66. The Kier molecular flexibility index (Phi) is 3.40. The van der Waals surface area contributed by atoms with Crippen LogP contribution in [0.25, 0.3) is 0 Å². The summed E-state index contributed by atoms with van der Waals surface area (Å²) < 4.78 is 0. The predicted molar refractivity (Wildman–Crippen MR) is 33.7 cm³/mol. The predicted octanol–water partition coefficient (Wildman–Crippen LogP) is 1.52. The Balaban J connectivity index is 0.000000222. The number of aromatic amines is 1. The molecule has 0 saturated carbocycles. The fourth-order valence-electron chi connectivity index (χ4n) is 0.321. The van der Waals surface area contributed by atoms with Gasteiger partial charge in [-0.25, -0.2) is 0 Å². The van der Waals surface area contributed by atoms with Crippen molar-refractivity contribution in [3.8, 4) is 5.88 Å². The molecular weight excluding hydrogens is 102 g/mol. The average molecular weight is 111 g/mol. The molecule has 1 aromatic rings. The first-order valence-corrected chi connectivity index (χ1v) is 2.22. The summed E-state index contributed by atoms with van der Waals surface area (Å²) in [5.41, 5.74) is 0. The molecule has 0 aromatic carbocycles. The molecule has 1 aromatic heterocycles. The summed E-state index contributed by atoms with van der Waals surface area (Å²) in [6, 6.07) is 3.31. The molecule has 0 radical (unpaired) electrons. The van der Waals surface area contributed by atoms with Gasteiger partial charge in [-0.05, 0) is 12.1 Å². The number of aromatic hydroxyl groups is 1. The molecule has 8 heavy (non-hydrogen) atoms. The van der Waals surface area contributed by atoms with Crippen LogP contribution in [0.15, 0.2) is 31.5 Å². The van der Waals surface area contributed by atoms with Gasteiger partial charge >= 0.3 is 0 Å². The van der Waals surface area contributed by atoms with E-state index in [9.17, 15) is 0 Å². The van der Waals surface area contributed by atoms with Gasteiger partial charge in [-0.3, -0.25) is 0 Å². The summed E-state index contributed by atoms with van der Waals surface area (Å²) in [5.74, 6) is 0.218. The van der Waals surface area contributed by atoms with Crippen LogP contribution < -0.4 is 0 Å². The monoisotopic (exact) mass is 111 g/mol. The molecule has 0 bridgehead atoms. The van der Waals surface area contributed by atoms with E-state index < -0.39 is 0 Å². The van der Waals surface area contributed by atoms with Crippen molar-refractivity contribution in [1.29, 1.82) is 0 Å². The Morgan fingerprint density at radius 2 is 2.12 bits per heavy atom. The van der Waals surface area contributed by atoms with Gasteiger partial charge in [0.05, 0.1) is 0 Å². The molecule has 2 heteroatoms. The molecule has 0 spiro atoms. The first-order chi connectivity index (χ1) is 3.89. The summed E-state index contributed by atoms with van der Waals surface area (Å²) in [4.78, 5) is 2.56. The normalized spacial score (nSPS) is 7.00. The number of H-pyrrole nitrogens is 1. The minimum atomic E-state index is 0.218. The average Bonchev–Trinajstić information content (AvgIpc) is 2.24. The third kappa shape index (κ3) is 2.08. The van der Waals surface area contributed by atoms with E-state index >= 15 is 0 Å². The topological polar surface area (TPSA) is 36.0 Å². The van der Waals surface area contributed by atoms with Gasteiger partial charge in [-0.15, -0.1) is 13.2 Å². The van der Waals surface area contributed by atoms with Crippen LogP contribution in [0.5, 0.6) is 5.88 Å². The minimum Gasteiger partial charge on any atom is -0.495 e. The molecule has 1 heterocycles. The van der Waals surface area contributed by atoms with Crippen LogP contribution in [0, 0.1) is 0 Å². The molecule has 0 aliphatic rings. The molecule has 0 atom stereocenters. The van der Waals surface area contributed by atoms with Crippen LogP contribution in [0.3, 0.4) is 0 Å². The van der Waals surface area contributed by atoms with E-state index in [1.54, 1.807) is 18.3 Å². The molecule has 0 aliphatic carbocycles. The van der Waals surface area contributed by atoms with Crippen LogP contribution >= 0.6 is 0 Å². The maximum Gasteiger partial charge on any atom is 0.188 e. The van der Waals surface area contributed by atoms with Crippen LogP contribution in [0.2, 0.25) is 0 Å². The maximum atomic E-state index is 8.42. The smallest absolute Gasteiger partial charge is 0.188 e. The lowest BCUT2D eigenvalue weighted by atomic mass is 10.7. The van der Waals surface area contributed by atoms with Crippen molar-refractivity contribution in [3.05, 3.63) is 31.5 Å². The van der Waals surface area contributed by atoms with Crippen molar-refractivity contribution in [3.63, 3.8) is 0 Å². The largest absolute Gasteiger partial charge is 0.495 e. The third-order valence-corrected chi connectivity index (χ3v) is 0.582. The Hall–Kier alpha value is -1.18. The number of hydrogen-bond acceptors (Lipinski definition) is 1. The number of aromatic nitrogens is 1. The van der Waals surface area contributed by atoms with Crippen LogP contribution in [0.1, 0.15) is 0 Å². The summed E-state index contributed by atoms with van der Waals surface area (Å²) in [5, 5.41) is 8.42. The molecule has 2 N–H and O–H groups in total. The molecule has 44 valence electrons. The summed E-state index contributed by atoms with van der Waals surface area (Å²) in [7, 11) is 0. The van der Waals surface area contributed by atoms with E-state index in [4.69, 9.17) is 5.11 Å². The summed E-state index contributed by atoms with van der Waals surface area (Å²) >= 11 is 0. The third-order valence-electron chi connectivity index (χ3n) is 0.582. The van der Waals surface area contributed by atoms with E-state index in [0.717, 1.165) is 0 Å². The van der Waals surface area contributed by atoms with Gasteiger partial charge < -0.3 is 10.1 Å². The van der Waals surface area contributed by atoms with Crippen LogP contribution in [-0.4, -0.2) is 10.1 Å². The zero-order valence-electron chi connectivity index (χ0n) is 4.59. The van der Waals surface area contributed by atoms with E-state index in [-0.39, 0.29) is 5.88 Å². The van der Waals surface area contributed by atoms with Crippen molar-refractivity contribution in [1.82, 2.24) is 4.98 Å². The Morgan fingerprint density at radius 3 is 2.25 bits per heavy atom. The molecule has 1 rings (SSSR count).